The molecule has 2 aromatic rings. The molecular weight excluding hydrogens is 327 g/mol. The van der Waals surface area contributed by atoms with E-state index in [1.54, 1.807) is 12.1 Å². The molecule has 0 radical (unpaired) electrons. The lowest BCUT2D eigenvalue weighted by molar-refractivity contribution is 0.576. The number of sulfone groups is 1. The van der Waals surface area contributed by atoms with E-state index in [1.807, 2.05) is 6.07 Å². The van der Waals surface area contributed by atoms with Crippen molar-refractivity contribution in [1.82, 2.24) is 5.32 Å². The molecule has 2 N–H and O–H groups in total. The number of nitrogens with one attached hydrogen (secondary N) is 2. The molecule has 0 bridgehead atoms. The molecule has 24 heavy (non-hydrogen) atoms. The van der Waals surface area contributed by atoms with Gasteiger partial charge < -0.3 is 10.6 Å². The van der Waals surface area contributed by atoms with Gasteiger partial charge in [0.1, 0.15) is 5.82 Å². The number of anilines is 1. The van der Waals surface area contributed by atoms with Crippen molar-refractivity contribution in [2.24, 2.45) is 0 Å². The summed E-state index contributed by atoms with van der Waals surface area (Å²) < 4.78 is 38.7. The maximum atomic E-state index is 13.1. The second-order valence-corrected chi connectivity index (χ2v) is 8.34. The van der Waals surface area contributed by atoms with Gasteiger partial charge in [-0.05, 0) is 74.0 Å². The summed E-state index contributed by atoms with van der Waals surface area (Å²) in [5.41, 5.74) is 2.11. The molecule has 126 valence electrons. The molecule has 6 heteroatoms. The van der Waals surface area contributed by atoms with Crippen LogP contribution < -0.4 is 10.6 Å². The second-order valence-electron chi connectivity index (χ2n) is 6.39. The Hall–Kier alpha value is -1.92. The van der Waals surface area contributed by atoms with Gasteiger partial charge in [-0.3, -0.25) is 0 Å². The first-order valence-corrected chi connectivity index (χ1v) is 9.66. The quantitative estimate of drug-likeness (QED) is 0.821. The van der Waals surface area contributed by atoms with Crippen molar-refractivity contribution in [3.8, 4) is 0 Å². The Kier molecular flexibility index (Phi) is 3.81. The van der Waals surface area contributed by atoms with Crippen LogP contribution in [0.3, 0.4) is 0 Å². The Morgan fingerprint density at radius 2 is 1.67 bits per heavy atom. The summed E-state index contributed by atoms with van der Waals surface area (Å²) in [6.07, 6.45) is 2.02. The van der Waals surface area contributed by atoms with Crippen molar-refractivity contribution < 1.29 is 12.8 Å². The average molecular weight is 346 g/mol. The van der Waals surface area contributed by atoms with E-state index in [0.29, 0.717) is 12.0 Å². The van der Waals surface area contributed by atoms with Crippen LogP contribution >= 0.6 is 0 Å². The Bertz CT molecular complexity index is 865. The Morgan fingerprint density at radius 3 is 2.46 bits per heavy atom. The minimum Gasteiger partial charge on any atom is -0.381 e. The van der Waals surface area contributed by atoms with E-state index in [2.05, 4.69) is 10.6 Å². The van der Waals surface area contributed by atoms with Crippen LogP contribution in [0.2, 0.25) is 0 Å². The van der Waals surface area contributed by atoms with E-state index >= 15 is 0 Å². The van der Waals surface area contributed by atoms with Gasteiger partial charge in [0.25, 0.3) is 0 Å². The van der Waals surface area contributed by atoms with Crippen LogP contribution in [0.15, 0.2) is 52.3 Å². The van der Waals surface area contributed by atoms with Crippen molar-refractivity contribution in [3.63, 3.8) is 0 Å². The summed E-state index contributed by atoms with van der Waals surface area (Å²) in [6.45, 7) is 1.92. The first-order chi connectivity index (χ1) is 11.6. The van der Waals surface area contributed by atoms with Gasteiger partial charge in [0.05, 0.1) is 9.79 Å². The third kappa shape index (κ3) is 2.59. The summed E-state index contributed by atoms with van der Waals surface area (Å²) in [7, 11) is -3.63. The van der Waals surface area contributed by atoms with Crippen molar-refractivity contribution >= 4 is 15.5 Å². The lowest BCUT2D eigenvalue weighted by atomic mass is 9.91. The summed E-state index contributed by atoms with van der Waals surface area (Å²) in [4.78, 5) is 0.390. The molecule has 1 fully saturated rings. The lowest BCUT2D eigenvalue weighted by Gasteiger charge is -2.16. The molecule has 0 aromatic heterocycles. The highest BCUT2D eigenvalue weighted by atomic mass is 32.2. The highest BCUT2D eigenvalue weighted by molar-refractivity contribution is 7.91. The number of fused-ring (bicyclic) bond motifs is 3. The normalized spacial score (nSPS) is 23.0. The monoisotopic (exact) mass is 346 g/mol. The third-order valence-electron chi connectivity index (χ3n) is 4.95. The first-order valence-electron chi connectivity index (χ1n) is 8.17. The third-order valence-corrected chi connectivity index (χ3v) is 6.71. The lowest BCUT2D eigenvalue weighted by Crippen LogP contribution is -2.21. The molecule has 4 nitrogen and oxygen atoms in total. The molecule has 4 rings (SSSR count). The van der Waals surface area contributed by atoms with Crippen LogP contribution in [0.5, 0.6) is 0 Å². The maximum Gasteiger partial charge on any atom is 0.206 e. The molecule has 2 aromatic carbocycles. The van der Waals surface area contributed by atoms with E-state index in [4.69, 9.17) is 0 Å². The summed E-state index contributed by atoms with van der Waals surface area (Å²) >= 11 is 0. The fraction of sp³-hybridized carbons (Fsp3) is 0.333. The predicted octanol–water partition coefficient (Wildman–Crippen LogP) is 2.92. The SMILES string of the molecule is O=S(=O)(c1ccc(F)cc1)c1ccc2c(c1)[C@@H]1CCNCC[C@H]1N2. The highest BCUT2D eigenvalue weighted by Gasteiger charge is 2.34. The van der Waals surface area contributed by atoms with Crippen LogP contribution in [0.25, 0.3) is 0 Å². The minimum absolute atomic E-state index is 0.119. The standard InChI is InChI=1S/C18H19FN2O2S/c19-12-1-3-13(4-2-12)24(22,23)14-5-6-17-16(11-14)15-7-9-20-10-8-18(15)21-17/h1-6,11,15,18,20-21H,7-10H2/t15-,18+/m0/s1. The number of hydrogen-bond acceptors (Lipinski definition) is 4. The molecule has 2 heterocycles. The topological polar surface area (TPSA) is 58.2 Å². The van der Waals surface area contributed by atoms with Crippen molar-refractivity contribution in [2.75, 3.05) is 18.4 Å². The van der Waals surface area contributed by atoms with Gasteiger partial charge in [0.2, 0.25) is 9.84 Å². The maximum absolute atomic E-state index is 13.1. The van der Waals surface area contributed by atoms with Gasteiger partial charge in [-0.15, -0.1) is 0 Å². The van der Waals surface area contributed by atoms with Crippen molar-refractivity contribution in [2.45, 2.75) is 34.6 Å². The van der Waals surface area contributed by atoms with Gasteiger partial charge in [-0.2, -0.15) is 0 Å². The molecule has 0 aliphatic carbocycles. The van der Waals surface area contributed by atoms with Crippen LogP contribution in [0.4, 0.5) is 10.1 Å². The zero-order valence-corrected chi connectivity index (χ0v) is 13.9. The van der Waals surface area contributed by atoms with E-state index in [0.717, 1.165) is 37.2 Å². The molecule has 2 aliphatic heterocycles. The first kappa shape index (κ1) is 15.6. The van der Waals surface area contributed by atoms with Crippen molar-refractivity contribution in [3.05, 3.63) is 53.8 Å². The number of hydrogen-bond donors (Lipinski definition) is 2. The summed E-state index contributed by atoms with van der Waals surface area (Å²) in [6, 6.07) is 10.6. The summed E-state index contributed by atoms with van der Waals surface area (Å²) in [5.74, 6) is -0.112. The molecule has 0 unspecified atom stereocenters. The summed E-state index contributed by atoms with van der Waals surface area (Å²) in [5, 5.41) is 6.91. The van der Waals surface area contributed by atoms with Crippen molar-refractivity contribution in [1.29, 1.82) is 0 Å². The molecule has 1 saturated heterocycles. The Balaban J connectivity index is 1.73. The average Bonchev–Trinajstić information content (AvgIpc) is 2.75. The zero-order valence-electron chi connectivity index (χ0n) is 13.1. The van der Waals surface area contributed by atoms with E-state index in [1.165, 1.54) is 24.3 Å². The fourth-order valence-corrected chi connectivity index (χ4v) is 4.98. The highest BCUT2D eigenvalue weighted by Crippen LogP contribution is 2.41. The molecule has 0 spiro atoms. The van der Waals surface area contributed by atoms with E-state index in [-0.39, 0.29) is 9.79 Å². The Morgan fingerprint density at radius 1 is 0.958 bits per heavy atom. The smallest absolute Gasteiger partial charge is 0.206 e. The molecular formula is C18H19FN2O2S. The number of halogens is 1. The second kappa shape index (κ2) is 5.86. The number of benzene rings is 2. The Labute approximate surface area is 141 Å². The van der Waals surface area contributed by atoms with Gasteiger partial charge in [-0.1, -0.05) is 0 Å². The van der Waals surface area contributed by atoms with E-state index in [9.17, 15) is 12.8 Å². The van der Waals surface area contributed by atoms with Gasteiger partial charge in [0, 0.05) is 17.6 Å². The minimum atomic E-state index is -3.63. The zero-order chi connectivity index (χ0) is 16.7. The van der Waals surface area contributed by atoms with Crippen LogP contribution in [-0.2, 0) is 9.84 Å². The van der Waals surface area contributed by atoms with Gasteiger partial charge in [-0.25, -0.2) is 12.8 Å². The van der Waals surface area contributed by atoms with Gasteiger partial charge in [0.15, 0.2) is 0 Å². The molecule has 0 saturated carbocycles. The molecule has 0 amide bonds. The van der Waals surface area contributed by atoms with E-state index < -0.39 is 15.7 Å². The number of rotatable bonds is 2. The molecule has 2 atom stereocenters. The van der Waals surface area contributed by atoms with Gasteiger partial charge >= 0.3 is 0 Å². The van der Waals surface area contributed by atoms with Crippen LogP contribution in [0, 0.1) is 5.82 Å². The largest absolute Gasteiger partial charge is 0.381 e. The van der Waals surface area contributed by atoms with Crippen LogP contribution in [-0.4, -0.2) is 27.5 Å². The molecule has 2 aliphatic rings. The fourth-order valence-electron chi connectivity index (χ4n) is 3.68. The predicted molar refractivity (Wildman–Crippen MR) is 90.5 cm³/mol. The van der Waals surface area contributed by atoms with Crippen LogP contribution in [0.1, 0.15) is 24.3 Å².